The second-order valence-electron chi connectivity index (χ2n) is 5.99. The minimum absolute atomic E-state index is 0. The zero-order valence-electron chi connectivity index (χ0n) is 14.2. The van der Waals surface area contributed by atoms with Gasteiger partial charge in [0.15, 0.2) is 0 Å². The van der Waals surface area contributed by atoms with Gasteiger partial charge in [0, 0.05) is 12.6 Å². The summed E-state index contributed by atoms with van der Waals surface area (Å²) in [5, 5.41) is 9.71. The van der Waals surface area contributed by atoms with Gasteiger partial charge in [-0.05, 0) is 32.7 Å². The van der Waals surface area contributed by atoms with Gasteiger partial charge in [-0.15, -0.1) is 12.4 Å². The molecule has 0 aromatic carbocycles. The largest absolute Gasteiger partial charge is 0.392 e. The number of nitrogens with zero attached hydrogens (tertiary/aromatic N) is 1. The van der Waals surface area contributed by atoms with Crippen LogP contribution in [0.5, 0.6) is 0 Å². The van der Waals surface area contributed by atoms with Gasteiger partial charge in [-0.1, -0.05) is 59.3 Å². The monoisotopic (exact) mass is 307 g/mol. The maximum absolute atomic E-state index is 9.71. The van der Waals surface area contributed by atoms with Crippen LogP contribution in [0.15, 0.2) is 0 Å². The van der Waals surface area contributed by atoms with Crippen LogP contribution in [0.1, 0.15) is 85.5 Å². The summed E-state index contributed by atoms with van der Waals surface area (Å²) in [5.41, 5.74) is 0. The molecule has 0 amide bonds. The molecule has 0 fully saturated rings. The van der Waals surface area contributed by atoms with E-state index in [1.807, 2.05) is 6.92 Å². The second kappa shape index (κ2) is 15.6. The van der Waals surface area contributed by atoms with Crippen LogP contribution < -0.4 is 0 Å². The van der Waals surface area contributed by atoms with Crippen molar-refractivity contribution in [2.75, 3.05) is 13.1 Å². The van der Waals surface area contributed by atoms with Crippen molar-refractivity contribution in [2.45, 2.75) is 97.6 Å². The minimum Gasteiger partial charge on any atom is -0.392 e. The fraction of sp³-hybridized carbons (Fsp3) is 1.00. The Morgan fingerprint density at radius 3 is 2.00 bits per heavy atom. The third-order valence-electron chi connectivity index (χ3n) is 3.83. The van der Waals surface area contributed by atoms with E-state index in [-0.39, 0.29) is 18.5 Å². The van der Waals surface area contributed by atoms with Crippen molar-refractivity contribution in [1.29, 1.82) is 0 Å². The minimum atomic E-state index is -0.202. The van der Waals surface area contributed by atoms with Crippen LogP contribution in [0.2, 0.25) is 0 Å². The molecule has 2 atom stereocenters. The molecule has 0 bridgehead atoms. The Bertz CT molecular complexity index is 188. The first kappa shape index (κ1) is 22.5. The maximum Gasteiger partial charge on any atom is 0.0639 e. The van der Waals surface area contributed by atoms with Gasteiger partial charge >= 0.3 is 0 Å². The molecule has 0 rings (SSSR count). The average molecular weight is 308 g/mol. The highest BCUT2D eigenvalue weighted by molar-refractivity contribution is 5.85. The number of hydrogen-bond donors (Lipinski definition) is 1. The Morgan fingerprint density at radius 1 is 0.850 bits per heavy atom. The van der Waals surface area contributed by atoms with Gasteiger partial charge in [-0.25, -0.2) is 0 Å². The molecule has 1 N–H and O–H groups in total. The fourth-order valence-corrected chi connectivity index (χ4v) is 2.77. The van der Waals surface area contributed by atoms with Crippen LogP contribution in [-0.4, -0.2) is 35.2 Å². The molecular formula is C17H38ClNO. The van der Waals surface area contributed by atoms with E-state index in [0.29, 0.717) is 6.04 Å². The van der Waals surface area contributed by atoms with E-state index >= 15 is 0 Å². The molecule has 0 aromatic heterocycles. The van der Waals surface area contributed by atoms with E-state index in [9.17, 15) is 5.11 Å². The molecule has 0 saturated heterocycles. The lowest BCUT2D eigenvalue weighted by molar-refractivity contribution is 0.0880. The number of halogens is 1. The average Bonchev–Trinajstić information content (AvgIpc) is 2.38. The van der Waals surface area contributed by atoms with E-state index in [4.69, 9.17) is 0 Å². The topological polar surface area (TPSA) is 23.5 Å². The Morgan fingerprint density at radius 2 is 1.50 bits per heavy atom. The number of aliphatic hydroxyl groups excluding tert-OH is 1. The van der Waals surface area contributed by atoms with E-state index in [1.165, 1.54) is 57.8 Å². The van der Waals surface area contributed by atoms with Gasteiger partial charge in [0.05, 0.1) is 6.10 Å². The number of hydrogen-bond acceptors (Lipinski definition) is 2. The first-order valence-corrected chi connectivity index (χ1v) is 8.57. The number of aliphatic hydroxyl groups is 1. The van der Waals surface area contributed by atoms with E-state index in [2.05, 4.69) is 25.7 Å². The van der Waals surface area contributed by atoms with Crippen molar-refractivity contribution in [3.63, 3.8) is 0 Å². The molecule has 0 radical (unpaired) electrons. The van der Waals surface area contributed by atoms with Gasteiger partial charge in [0.1, 0.15) is 0 Å². The van der Waals surface area contributed by atoms with Crippen molar-refractivity contribution < 1.29 is 5.11 Å². The quantitative estimate of drug-likeness (QED) is 0.482. The molecule has 2 nitrogen and oxygen atoms in total. The zero-order valence-corrected chi connectivity index (χ0v) is 15.1. The molecule has 0 aliphatic carbocycles. The summed E-state index contributed by atoms with van der Waals surface area (Å²) in [6.07, 6.45) is 11.5. The predicted octanol–water partition coefficient (Wildman–Crippen LogP) is 5.03. The smallest absolute Gasteiger partial charge is 0.0639 e. The van der Waals surface area contributed by atoms with Crippen molar-refractivity contribution in [2.24, 2.45) is 0 Å². The highest BCUT2D eigenvalue weighted by Crippen LogP contribution is 2.17. The summed E-state index contributed by atoms with van der Waals surface area (Å²) in [5.74, 6) is 0. The molecule has 2 unspecified atom stereocenters. The molecule has 0 saturated carbocycles. The Kier molecular flexibility index (Phi) is 17.5. The summed E-state index contributed by atoms with van der Waals surface area (Å²) >= 11 is 0. The summed E-state index contributed by atoms with van der Waals surface area (Å²) in [4.78, 5) is 2.55. The molecule has 0 aliphatic rings. The molecule has 3 heteroatoms. The van der Waals surface area contributed by atoms with E-state index in [1.54, 1.807) is 0 Å². The molecule has 0 aromatic rings. The molecule has 0 aliphatic heterocycles. The molecular weight excluding hydrogens is 270 g/mol. The molecule has 20 heavy (non-hydrogen) atoms. The summed E-state index contributed by atoms with van der Waals surface area (Å²) < 4.78 is 0. The van der Waals surface area contributed by atoms with Crippen molar-refractivity contribution >= 4 is 12.4 Å². The Balaban J connectivity index is 0. The molecule has 0 spiro atoms. The van der Waals surface area contributed by atoms with Gasteiger partial charge in [0.25, 0.3) is 0 Å². The van der Waals surface area contributed by atoms with Crippen molar-refractivity contribution in [1.82, 2.24) is 4.90 Å². The fourth-order valence-electron chi connectivity index (χ4n) is 2.77. The van der Waals surface area contributed by atoms with Crippen LogP contribution in [0.3, 0.4) is 0 Å². The highest BCUT2D eigenvalue weighted by Gasteiger charge is 2.18. The van der Waals surface area contributed by atoms with Gasteiger partial charge in [-0.3, -0.25) is 4.90 Å². The maximum atomic E-state index is 9.71. The predicted molar refractivity (Wildman–Crippen MR) is 92.9 cm³/mol. The molecule has 124 valence electrons. The van der Waals surface area contributed by atoms with Gasteiger partial charge in [-0.2, -0.15) is 0 Å². The zero-order chi connectivity index (χ0) is 14.5. The first-order chi connectivity index (χ1) is 9.15. The third-order valence-corrected chi connectivity index (χ3v) is 3.83. The van der Waals surface area contributed by atoms with Crippen LogP contribution >= 0.6 is 12.4 Å². The lowest BCUT2D eigenvalue weighted by Gasteiger charge is -2.33. The van der Waals surface area contributed by atoms with E-state index in [0.717, 1.165) is 13.1 Å². The van der Waals surface area contributed by atoms with E-state index < -0.39 is 0 Å². The van der Waals surface area contributed by atoms with Gasteiger partial charge in [0.2, 0.25) is 0 Å². The number of unbranched alkanes of at least 4 members (excludes halogenated alkanes) is 4. The number of rotatable bonds is 13. The SMILES string of the molecule is CCCCCCC(CCC)N(CCCC)CC(C)O.Cl. The van der Waals surface area contributed by atoms with Crippen molar-refractivity contribution in [3.8, 4) is 0 Å². The summed E-state index contributed by atoms with van der Waals surface area (Å²) in [6.45, 7) is 10.7. The second-order valence-corrected chi connectivity index (χ2v) is 5.99. The Labute approximate surface area is 133 Å². The molecule has 0 heterocycles. The Hall–Kier alpha value is 0.210. The lowest BCUT2D eigenvalue weighted by Crippen LogP contribution is -2.40. The highest BCUT2D eigenvalue weighted by atomic mass is 35.5. The first-order valence-electron chi connectivity index (χ1n) is 8.57. The van der Waals surface area contributed by atoms with Crippen LogP contribution in [0, 0.1) is 0 Å². The van der Waals surface area contributed by atoms with Crippen molar-refractivity contribution in [3.05, 3.63) is 0 Å². The third kappa shape index (κ3) is 12.0. The van der Waals surface area contributed by atoms with Crippen LogP contribution in [0.25, 0.3) is 0 Å². The van der Waals surface area contributed by atoms with Gasteiger partial charge < -0.3 is 5.11 Å². The summed E-state index contributed by atoms with van der Waals surface area (Å²) in [6, 6.07) is 0.683. The standard InChI is InChI=1S/C17H37NO.ClH/c1-5-8-10-11-13-17(12-7-3)18(14-9-6-2)15-16(4)19;/h16-17,19H,5-15H2,1-4H3;1H. The normalized spacial score (nSPS) is 14.1. The lowest BCUT2D eigenvalue weighted by atomic mass is 10.0. The summed E-state index contributed by atoms with van der Waals surface area (Å²) in [7, 11) is 0. The van der Waals surface area contributed by atoms with Crippen LogP contribution in [-0.2, 0) is 0 Å². The van der Waals surface area contributed by atoms with Crippen LogP contribution in [0.4, 0.5) is 0 Å².